The lowest BCUT2D eigenvalue weighted by Crippen LogP contribution is -2.55. The highest BCUT2D eigenvalue weighted by atomic mass is 16.3. The fraction of sp³-hybridized carbons (Fsp3) is 0.909. The Kier molecular flexibility index (Phi) is 3.73. The van der Waals surface area contributed by atoms with Crippen molar-refractivity contribution in [3.8, 4) is 0 Å². The van der Waals surface area contributed by atoms with E-state index in [1.54, 1.807) is 0 Å². The molecule has 0 spiro atoms. The Morgan fingerprint density at radius 2 is 2.20 bits per heavy atom. The summed E-state index contributed by atoms with van der Waals surface area (Å²) < 4.78 is 0. The molecule has 0 aliphatic carbocycles. The molecule has 0 aromatic carbocycles. The van der Waals surface area contributed by atoms with Crippen LogP contribution in [0.4, 0.5) is 0 Å². The van der Waals surface area contributed by atoms with Gasteiger partial charge in [-0.3, -0.25) is 4.79 Å². The highest BCUT2D eigenvalue weighted by molar-refractivity contribution is 5.83. The second-order valence-corrected chi connectivity index (χ2v) is 5.05. The van der Waals surface area contributed by atoms with Crippen LogP contribution < -0.4 is 5.32 Å². The van der Waals surface area contributed by atoms with Crippen molar-refractivity contribution in [2.75, 3.05) is 13.2 Å². The molecular formula is C11H22N2O2. The van der Waals surface area contributed by atoms with E-state index in [0.29, 0.717) is 0 Å². The van der Waals surface area contributed by atoms with Crippen LogP contribution in [-0.2, 0) is 4.79 Å². The van der Waals surface area contributed by atoms with Crippen molar-refractivity contribution < 1.29 is 9.90 Å². The summed E-state index contributed by atoms with van der Waals surface area (Å²) in [6.45, 7) is 8.82. The number of rotatable bonds is 2. The number of carbonyl (C=O) groups excluding carboxylic acids is 1. The first-order valence-corrected chi connectivity index (χ1v) is 5.57. The van der Waals surface area contributed by atoms with Gasteiger partial charge in [-0.15, -0.1) is 0 Å². The maximum absolute atomic E-state index is 12.1. The van der Waals surface area contributed by atoms with Crippen molar-refractivity contribution in [1.82, 2.24) is 10.2 Å². The van der Waals surface area contributed by atoms with E-state index >= 15 is 0 Å². The van der Waals surface area contributed by atoms with Crippen LogP contribution in [0.2, 0.25) is 0 Å². The summed E-state index contributed by atoms with van der Waals surface area (Å²) in [6.07, 6.45) is 0.910. The van der Waals surface area contributed by atoms with Crippen LogP contribution in [0, 0.1) is 0 Å². The van der Waals surface area contributed by atoms with E-state index in [0.717, 1.165) is 13.0 Å². The first-order chi connectivity index (χ1) is 6.90. The summed E-state index contributed by atoms with van der Waals surface area (Å²) in [5.41, 5.74) is -0.137. The molecule has 0 bridgehead atoms. The highest BCUT2D eigenvalue weighted by Gasteiger charge is 2.38. The minimum atomic E-state index is -0.436. The number of aliphatic hydroxyl groups is 1. The van der Waals surface area contributed by atoms with Gasteiger partial charge < -0.3 is 15.3 Å². The van der Waals surface area contributed by atoms with E-state index in [1.807, 2.05) is 18.7 Å². The van der Waals surface area contributed by atoms with Gasteiger partial charge in [0.05, 0.1) is 6.61 Å². The van der Waals surface area contributed by atoms with Gasteiger partial charge >= 0.3 is 0 Å². The predicted molar refractivity (Wildman–Crippen MR) is 59.6 cm³/mol. The minimum absolute atomic E-state index is 0.00926. The molecule has 88 valence electrons. The molecule has 0 aromatic heterocycles. The molecular weight excluding hydrogens is 192 g/mol. The number of hydrogen-bond acceptors (Lipinski definition) is 3. The normalized spacial score (nSPS) is 26.9. The van der Waals surface area contributed by atoms with Crippen molar-refractivity contribution in [3.63, 3.8) is 0 Å². The van der Waals surface area contributed by atoms with Crippen LogP contribution >= 0.6 is 0 Å². The van der Waals surface area contributed by atoms with E-state index in [2.05, 4.69) is 19.2 Å². The Labute approximate surface area is 91.6 Å². The Balaban J connectivity index is 2.96. The summed E-state index contributed by atoms with van der Waals surface area (Å²) in [7, 11) is 0. The molecule has 1 aliphatic heterocycles. The molecule has 1 saturated heterocycles. The molecule has 1 aliphatic rings. The molecule has 1 atom stereocenters. The third-order valence-corrected chi connectivity index (χ3v) is 3.01. The molecule has 15 heavy (non-hydrogen) atoms. The molecule has 1 unspecified atom stereocenters. The molecule has 0 radical (unpaired) electrons. The maximum Gasteiger partial charge on any atom is 0.242 e. The number of hydrogen-bond donors (Lipinski definition) is 2. The molecule has 2 N–H and O–H groups in total. The van der Waals surface area contributed by atoms with Gasteiger partial charge in [-0.1, -0.05) is 0 Å². The van der Waals surface area contributed by atoms with Crippen LogP contribution in [0.5, 0.6) is 0 Å². The lowest BCUT2D eigenvalue weighted by molar-refractivity contribution is -0.140. The van der Waals surface area contributed by atoms with E-state index in [9.17, 15) is 4.79 Å². The third kappa shape index (κ3) is 2.49. The Morgan fingerprint density at radius 1 is 1.60 bits per heavy atom. The molecule has 1 amide bonds. The zero-order valence-electron chi connectivity index (χ0n) is 10.1. The second-order valence-electron chi connectivity index (χ2n) is 5.05. The number of nitrogens with one attached hydrogen (secondary N) is 1. The monoisotopic (exact) mass is 214 g/mol. The number of carbonyl (C=O) groups is 1. The number of aliphatic hydroxyl groups excluding tert-OH is 1. The van der Waals surface area contributed by atoms with Crippen LogP contribution in [-0.4, -0.2) is 46.7 Å². The lowest BCUT2D eigenvalue weighted by atomic mass is 9.96. The first-order valence-electron chi connectivity index (χ1n) is 5.57. The van der Waals surface area contributed by atoms with E-state index < -0.39 is 6.04 Å². The predicted octanol–water partition coefficient (Wildman–Crippen LogP) is 0.356. The molecule has 1 heterocycles. The van der Waals surface area contributed by atoms with Crippen LogP contribution in [0.3, 0.4) is 0 Å². The van der Waals surface area contributed by atoms with Gasteiger partial charge in [-0.05, 0) is 40.7 Å². The Morgan fingerprint density at radius 3 is 2.67 bits per heavy atom. The van der Waals surface area contributed by atoms with Crippen molar-refractivity contribution in [3.05, 3.63) is 0 Å². The van der Waals surface area contributed by atoms with Crippen LogP contribution in [0.25, 0.3) is 0 Å². The third-order valence-electron chi connectivity index (χ3n) is 3.01. The van der Waals surface area contributed by atoms with Gasteiger partial charge in [0.2, 0.25) is 5.91 Å². The lowest BCUT2D eigenvalue weighted by Gasteiger charge is -2.40. The zero-order chi connectivity index (χ0) is 11.6. The van der Waals surface area contributed by atoms with Crippen molar-refractivity contribution in [1.29, 1.82) is 0 Å². The average Bonchev–Trinajstić information content (AvgIpc) is 2.20. The van der Waals surface area contributed by atoms with E-state index in [1.165, 1.54) is 0 Å². The van der Waals surface area contributed by atoms with Crippen LogP contribution in [0.15, 0.2) is 0 Å². The number of nitrogens with zero attached hydrogens (tertiary/aromatic N) is 1. The summed E-state index contributed by atoms with van der Waals surface area (Å²) in [5.74, 6) is 0.00926. The Bertz CT molecular complexity index is 239. The first kappa shape index (κ1) is 12.5. The van der Waals surface area contributed by atoms with Gasteiger partial charge in [-0.25, -0.2) is 0 Å². The summed E-state index contributed by atoms with van der Waals surface area (Å²) >= 11 is 0. The topological polar surface area (TPSA) is 52.6 Å². The van der Waals surface area contributed by atoms with E-state index in [-0.39, 0.29) is 24.1 Å². The van der Waals surface area contributed by atoms with Gasteiger partial charge in [0.15, 0.2) is 0 Å². The molecule has 1 rings (SSSR count). The largest absolute Gasteiger partial charge is 0.394 e. The van der Waals surface area contributed by atoms with E-state index in [4.69, 9.17) is 5.11 Å². The fourth-order valence-electron chi connectivity index (χ4n) is 2.32. The van der Waals surface area contributed by atoms with Crippen LogP contribution in [0.1, 0.15) is 34.1 Å². The van der Waals surface area contributed by atoms with Crippen molar-refractivity contribution in [2.24, 2.45) is 0 Å². The quantitative estimate of drug-likeness (QED) is 0.697. The molecule has 0 saturated carbocycles. The maximum atomic E-state index is 12.1. The zero-order valence-corrected chi connectivity index (χ0v) is 10.1. The molecule has 0 aromatic rings. The Hall–Kier alpha value is -0.610. The van der Waals surface area contributed by atoms with Gasteiger partial charge in [0.1, 0.15) is 6.04 Å². The molecule has 4 nitrogen and oxygen atoms in total. The number of amides is 1. The fourth-order valence-corrected chi connectivity index (χ4v) is 2.32. The molecule has 4 heteroatoms. The van der Waals surface area contributed by atoms with Gasteiger partial charge in [0.25, 0.3) is 0 Å². The van der Waals surface area contributed by atoms with Crippen molar-refractivity contribution >= 4 is 5.91 Å². The summed E-state index contributed by atoms with van der Waals surface area (Å²) in [5, 5.41) is 12.2. The smallest absolute Gasteiger partial charge is 0.242 e. The highest BCUT2D eigenvalue weighted by Crippen LogP contribution is 2.24. The van der Waals surface area contributed by atoms with Crippen molar-refractivity contribution in [2.45, 2.75) is 51.7 Å². The minimum Gasteiger partial charge on any atom is -0.394 e. The summed E-state index contributed by atoms with van der Waals surface area (Å²) in [4.78, 5) is 14.0. The molecule has 1 fully saturated rings. The van der Waals surface area contributed by atoms with Gasteiger partial charge in [-0.2, -0.15) is 0 Å². The van der Waals surface area contributed by atoms with Gasteiger partial charge in [0, 0.05) is 11.6 Å². The standard InChI is InChI=1S/C11H22N2O2/c1-8(2)13-10(15)9(7-14)12-6-5-11(13,3)4/h8-9,12,14H,5-7H2,1-4H3. The average molecular weight is 214 g/mol. The second kappa shape index (κ2) is 4.49. The summed E-state index contributed by atoms with van der Waals surface area (Å²) in [6, 6.07) is -0.268. The SMILES string of the molecule is CC(C)N1C(=O)C(CO)NCCC1(C)C.